The Bertz CT molecular complexity index is 622. The van der Waals surface area contributed by atoms with E-state index >= 15 is 0 Å². The third-order valence-electron chi connectivity index (χ3n) is 1.94. The predicted octanol–water partition coefficient (Wildman–Crippen LogP) is 0.775. The second kappa shape index (κ2) is 5.23. The van der Waals surface area contributed by atoms with Gasteiger partial charge in [0.05, 0.1) is 5.39 Å². The van der Waals surface area contributed by atoms with E-state index < -0.39 is 11.9 Å². The van der Waals surface area contributed by atoms with E-state index in [0.717, 1.165) is 22.4 Å². The van der Waals surface area contributed by atoms with Gasteiger partial charge in [0.1, 0.15) is 11.2 Å². The Kier molecular flexibility index (Phi) is 3.49. The van der Waals surface area contributed by atoms with Crippen molar-refractivity contribution in [3.05, 3.63) is 29.9 Å². The summed E-state index contributed by atoms with van der Waals surface area (Å²) in [7, 11) is 0. The summed E-state index contributed by atoms with van der Waals surface area (Å²) in [6, 6.07) is 1.82. The summed E-state index contributed by atoms with van der Waals surface area (Å²) in [5.74, 6) is -1.31. The summed E-state index contributed by atoms with van der Waals surface area (Å²) >= 11 is 1.45. The Morgan fingerprint density at radius 2 is 2.17 bits per heavy atom. The van der Waals surface area contributed by atoms with Crippen molar-refractivity contribution in [3.8, 4) is 0 Å². The smallest absolute Gasteiger partial charge is 0.328 e. The minimum atomic E-state index is -1.19. The largest absolute Gasteiger partial charge is 0.478 e. The number of hydrazine groups is 1. The molecule has 3 N–H and O–H groups in total. The summed E-state index contributed by atoms with van der Waals surface area (Å²) in [4.78, 5) is 30.3. The van der Waals surface area contributed by atoms with Crippen molar-refractivity contribution in [1.29, 1.82) is 0 Å². The second-order valence-electron chi connectivity index (χ2n) is 3.15. The number of nitrogens with one attached hydrogen (secondary N) is 2. The molecule has 0 saturated heterocycles. The number of carbonyl (C=O) groups is 2. The molecule has 0 aliphatic carbocycles. The molecule has 0 bridgehead atoms. The van der Waals surface area contributed by atoms with Crippen molar-refractivity contribution in [2.45, 2.75) is 0 Å². The van der Waals surface area contributed by atoms with Crippen LogP contribution in [0.2, 0.25) is 0 Å². The van der Waals surface area contributed by atoms with Gasteiger partial charge in [0.2, 0.25) is 0 Å². The molecule has 0 aromatic carbocycles. The highest BCUT2D eigenvalue weighted by atomic mass is 32.1. The first-order valence-electron chi connectivity index (χ1n) is 4.82. The first-order chi connectivity index (χ1) is 8.66. The van der Waals surface area contributed by atoms with Crippen LogP contribution >= 0.6 is 11.3 Å². The number of amides is 1. The number of aromatic nitrogens is 2. The Hall–Kier alpha value is -2.48. The zero-order chi connectivity index (χ0) is 13.0. The van der Waals surface area contributed by atoms with Crippen LogP contribution in [0.5, 0.6) is 0 Å². The SMILES string of the molecule is O=C(O)/C=C/C(=O)NNc1ncnc2sccc12. The van der Waals surface area contributed by atoms with E-state index in [1.807, 2.05) is 11.4 Å². The van der Waals surface area contributed by atoms with Gasteiger partial charge in [-0.25, -0.2) is 14.8 Å². The van der Waals surface area contributed by atoms with Crippen LogP contribution in [0.1, 0.15) is 0 Å². The summed E-state index contributed by atoms with van der Waals surface area (Å²) in [5.41, 5.74) is 4.92. The number of nitrogens with zero attached hydrogens (tertiary/aromatic N) is 2. The molecule has 0 aliphatic heterocycles. The minimum Gasteiger partial charge on any atom is -0.478 e. The first kappa shape index (κ1) is 12.0. The standard InChI is InChI=1S/C10H8N4O3S/c15-7(1-2-8(16)17)13-14-9-6-3-4-18-10(6)12-5-11-9/h1-5H,(H,13,15)(H,16,17)(H,11,12,14)/b2-1+. The highest BCUT2D eigenvalue weighted by Crippen LogP contribution is 2.22. The van der Waals surface area contributed by atoms with Crippen LogP contribution < -0.4 is 10.9 Å². The number of thiophene rings is 1. The second-order valence-corrected chi connectivity index (χ2v) is 4.04. The van der Waals surface area contributed by atoms with Gasteiger partial charge >= 0.3 is 5.97 Å². The maximum Gasteiger partial charge on any atom is 0.328 e. The van der Waals surface area contributed by atoms with E-state index in [-0.39, 0.29) is 0 Å². The topological polar surface area (TPSA) is 104 Å². The van der Waals surface area contributed by atoms with Gasteiger partial charge in [0.25, 0.3) is 5.91 Å². The van der Waals surface area contributed by atoms with E-state index in [1.165, 1.54) is 17.7 Å². The fraction of sp³-hybridized carbons (Fsp3) is 0. The van der Waals surface area contributed by atoms with Gasteiger partial charge in [-0.05, 0) is 11.4 Å². The summed E-state index contributed by atoms with van der Waals surface area (Å²) in [6.45, 7) is 0. The van der Waals surface area contributed by atoms with Crippen LogP contribution in [-0.2, 0) is 9.59 Å². The Morgan fingerprint density at radius 1 is 1.33 bits per heavy atom. The molecule has 1 amide bonds. The lowest BCUT2D eigenvalue weighted by Gasteiger charge is -2.05. The van der Waals surface area contributed by atoms with Crippen molar-refractivity contribution >= 4 is 39.2 Å². The number of carboxylic acid groups (broad SMARTS) is 1. The molecule has 0 radical (unpaired) electrons. The summed E-state index contributed by atoms with van der Waals surface area (Å²) in [6.07, 6.45) is 3.03. The molecule has 18 heavy (non-hydrogen) atoms. The minimum absolute atomic E-state index is 0.457. The van der Waals surface area contributed by atoms with Crippen molar-refractivity contribution in [3.63, 3.8) is 0 Å². The van der Waals surface area contributed by atoms with E-state index in [9.17, 15) is 9.59 Å². The maximum absolute atomic E-state index is 11.2. The highest BCUT2D eigenvalue weighted by Gasteiger charge is 2.04. The zero-order valence-corrected chi connectivity index (χ0v) is 9.77. The molecule has 8 heteroatoms. The number of anilines is 1. The van der Waals surface area contributed by atoms with Gasteiger partial charge in [0, 0.05) is 12.2 Å². The fourth-order valence-electron chi connectivity index (χ4n) is 1.20. The molecule has 0 atom stereocenters. The molecule has 0 saturated carbocycles. The Labute approximate surface area is 105 Å². The summed E-state index contributed by atoms with van der Waals surface area (Å²) < 4.78 is 0. The highest BCUT2D eigenvalue weighted by molar-refractivity contribution is 7.16. The van der Waals surface area contributed by atoms with Crippen molar-refractivity contribution in [2.24, 2.45) is 0 Å². The van der Waals surface area contributed by atoms with E-state index in [4.69, 9.17) is 5.11 Å². The predicted molar refractivity (Wildman–Crippen MR) is 66.0 cm³/mol. The quantitative estimate of drug-likeness (QED) is 0.556. The van der Waals surface area contributed by atoms with Crippen LogP contribution in [-0.4, -0.2) is 27.0 Å². The zero-order valence-electron chi connectivity index (χ0n) is 8.95. The first-order valence-corrected chi connectivity index (χ1v) is 5.70. The third kappa shape index (κ3) is 2.80. The molecule has 92 valence electrons. The number of hydrogen-bond donors (Lipinski definition) is 3. The van der Waals surface area contributed by atoms with E-state index in [2.05, 4.69) is 20.8 Å². The lowest BCUT2D eigenvalue weighted by atomic mass is 10.4. The van der Waals surface area contributed by atoms with Crippen LogP contribution in [0.25, 0.3) is 10.2 Å². The molecule has 0 unspecified atom stereocenters. The number of rotatable bonds is 4. The van der Waals surface area contributed by atoms with Crippen molar-refractivity contribution in [1.82, 2.24) is 15.4 Å². The normalized spacial score (nSPS) is 10.7. The third-order valence-corrected chi connectivity index (χ3v) is 2.76. The average Bonchev–Trinajstić information content (AvgIpc) is 2.82. The lowest BCUT2D eigenvalue weighted by Crippen LogP contribution is -2.28. The number of fused-ring (bicyclic) bond motifs is 1. The van der Waals surface area contributed by atoms with Crippen LogP contribution in [0.15, 0.2) is 29.9 Å². The molecule has 0 aliphatic rings. The molecule has 2 aromatic heterocycles. The number of aliphatic carboxylic acids is 1. The number of carboxylic acids is 1. The van der Waals surface area contributed by atoms with Gasteiger partial charge in [0.15, 0.2) is 5.82 Å². The van der Waals surface area contributed by atoms with E-state index in [0.29, 0.717) is 5.82 Å². The molecular formula is C10H8N4O3S. The van der Waals surface area contributed by atoms with E-state index in [1.54, 1.807) is 0 Å². The maximum atomic E-state index is 11.2. The molecule has 2 heterocycles. The summed E-state index contributed by atoms with van der Waals surface area (Å²) in [5, 5.41) is 11.0. The molecular weight excluding hydrogens is 256 g/mol. The fourth-order valence-corrected chi connectivity index (χ4v) is 1.93. The van der Waals surface area contributed by atoms with Crippen LogP contribution in [0.3, 0.4) is 0 Å². The van der Waals surface area contributed by atoms with Crippen LogP contribution in [0.4, 0.5) is 5.82 Å². The van der Waals surface area contributed by atoms with Gasteiger partial charge in [-0.3, -0.25) is 15.6 Å². The lowest BCUT2D eigenvalue weighted by molar-refractivity contribution is -0.131. The molecule has 7 nitrogen and oxygen atoms in total. The van der Waals surface area contributed by atoms with Gasteiger partial charge in [-0.1, -0.05) is 0 Å². The molecule has 0 spiro atoms. The molecule has 0 fully saturated rings. The van der Waals surface area contributed by atoms with Crippen LogP contribution in [0, 0.1) is 0 Å². The Balaban J connectivity index is 2.04. The number of carbonyl (C=O) groups excluding carboxylic acids is 1. The number of hydrogen-bond acceptors (Lipinski definition) is 6. The monoisotopic (exact) mass is 264 g/mol. The van der Waals surface area contributed by atoms with Crippen molar-refractivity contribution in [2.75, 3.05) is 5.43 Å². The molecule has 2 rings (SSSR count). The van der Waals surface area contributed by atoms with Gasteiger partial charge < -0.3 is 5.11 Å². The Morgan fingerprint density at radius 3 is 2.94 bits per heavy atom. The average molecular weight is 264 g/mol. The van der Waals surface area contributed by atoms with Crippen molar-refractivity contribution < 1.29 is 14.7 Å². The van der Waals surface area contributed by atoms with Gasteiger partial charge in [-0.15, -0.1) is 11.3 Å². The van der Waals surface area contributed by atoms with Gasteiger partial charge in [-0.2, -0.15) is 0 Å². The molecule has 2 aromatic rings.